The monoisotopic (exact) mass is 348 g/mol. The van der Waals surface area contributed by atoms with Gasteiger partial charge >= 0.3 is 0 Å². The largest absolute Gasteiger partial charge is 0.372 e. The lowest BCUT2D eigenvalue weighted by atomic mass is 10.1. The Morgan fingerprint density at radius 2 is 2.10 bits per heavy atom. The molecule has 110 valence electrons. The molecule has 0 saturated heterocycles. The van der Waals surface area contributed by atoms with Gasteiger partial charge in [0.05, 0.1) is 0 Å². The van der Waals surface area contributed by atoms with Crippen LogP contribution in [0, 0.1) is 0 Å². The SMILES string of the molecule is CCN(CC)C1=CC(=O)/C(=N/Nc2cc(Br)ccn2)C=C1. The molecule has 0 aromatic carbocycles. The molecule has 0 bridgehead atoms. The van der Waals surface area contributed by atoms with E-state index in [1.54, 1.807) is 24.4 Å². The molecule has 6 heteroatoms. The van der Waals surface area contributed by atoms with E-state index in [0.29, 0.717) is 11.5 Å². The molecule has 1 N–H and O–H groups in total. The molecule has 1 aliphatic rings. The highest BCUT2D eigenvalue weighted by Crippen LogP contribution is 2.14. The average Bonchev–Trinajstić information content (AvgIpc) is 2.48. The molecule has 1 aromatic rings. The van der Waals surface area contributed by atoms with Gasteiger partial charge in [-0.05, 0) is 38.1 Å². The van der Waals surface area contributed by atoms with Crippen molar-refractivity contribution in [3.63, 3.8) is 0 Å². The van der Waals surface area contributed by atoms with Gasteiger partial charge in [-0.2, -0.15) is 5.10 Å². The molecular formula is C15H17BrN4O. The minimum absolute atomic E-state index is 0.109. The van der Waals surface area contributed by atoms with E-state index in [4.69, 9.17) is 0 Å². The number of pyridine rings is 1. The Bertz CT molecular complexity index is 618. The standard InChI is InChI=1S/C15H17BrN4O/c1-3-20(4-2)12-5-6-13(14(21)10-12)18-19-15-9-11(16)7-8-17-15/h5-10H,3-4H2,1-2H3,(H,17,19)/b18-13+. The number of rotatable bonds is 5. The van der Waals surface area contributed by atoms with E-state index in [0.717, 1.165) is 23.3 Å². The van der Waals surface area contributed by atoms with E-state index in [9.17, 15) is 4.79 Å². The lowest BCUT2D eigenvalue weighted by Crippen LogP contribution is -2.25. The first-order valence-electron chi connectivity index (χ1n) is 6.78. The topological polar surface area (TPSA) is 57.6 Å². The maximum absolute atomic E-state index is 12.1. The van der Waals surface area contributed by atoms with Crippen molar-refractivity contribution < 1.29 is 4.79 Å². The van der Waals surface area contributed by atoms with Crippen LogP contribution in [-0.2, 0) is 4.79 Å². The Morgan fingerprint density at radius 1 is 1.33 bits per heavy atom. The van der Waals surface area contributed by atoms with Gasteiger partial charge in [0.15, 0.2) is 0 Å². The number of halogens is 1. The third-order valence-electron chi connectivity index (χ3n) is 3.08. The van der Waals surface area contributed by atoms with Gasteiger partial charge in [0, 0.05) is 35.5 Å². The molecule has 1 heterocycles. The summed E-state index contributed by atoms with van der Waals surface area (Å²) in [5.41, 5.74) is 4.08. The number of hydrazone groups is 1. The zero-order chi connectivity index (χ0) is 15.2. The van der Waals surface area contributed by atoms with Gasteiger partial charge in [0.2, 0.25) is 5.78 Å². The summed E-state index contributed by atoms with van der Waals surface area (Å²) in [6.07, 6.45) is 6.90. The second-order valence-electron chi connectivity index (χ2n) is 4.41. The first-order valence-corrected chi connectivity index (χ1v) is 7.57. The Morgan fingerprint density at radius 3 is 2.71 bits per heavy atom. The van der Waals surface area contributed by atoms with Crippen molar-refractivity contribution in [2.24, 2.45) is 5.10 Å². The smallest absolute Gasteiger partial charge is 0.208 e. The Labute approximate surface area is 132 Å². The number of ketones is 1. The highest BCUT2D eigenvalue weighted by atomic mass is 79.9. The van der Waals surface area contributed by atoms with E-state index < -0.39 is 0 Å². The fourth-order valence-corrected chi connectivity index (χ4v) is 2.30. The second-order valence-corrected chi connectivity index (χ2v) is 5.32. The van der Waals surface area contributed by atoms with Crippen LogP contribution in [0.3, 0.4) is 0 Å². The number of carbonyl (C=O) groups excluding carboxylic acids is 1. The normalized spacial score (nSPS) is 16.0. The highest BCUT2D eigenvalue weighted by Gasteiger charge is 2.15. The summed E-state index contributed by atoms with van der Waals surface area (Å²) in [5.74, 6) is 0.471. The summed E-state index contributed by atoms with van der Waals surface area (Å²) >= 11 is 3.36. The van der Waals surface area contributed by atoms with Crippen LogP contribution in [0.15, 0.2) is 51.8 Å². The Balaban J connectivity index is 2.09. The fraction of sp³-hybridized carbons (Fsp3) is 0.267. The second kappa shape index (κ2) is 7.17. The van der Waals surface area contributed by atoms with Crippen molar-refractivity contribution in [3.8, 4) is 0 Å². The van der Waals surface area contributed by atoms with E-state index >= 15 is 0 Å². The van der Waals surface area contributed by atoms with Crippen LogP contribution < -0.4 is 5.43 Å². The summed E-state index contributed by atoms with van der Waals surface area (Å²) in [4.78, 5) is 18.3. The number of nitrogens with zero attached hydrogens (tertiary/aromatic N) is 3. The van der Waals surface area contributed by atoms with Crippen LogP contribution in [0.5, 0.6) is 0 Å². The highest BCUT2D eigenvalue weighted by molar-refractivity contribution is 9.10. The lowest BCUT2D eigenvalue weighted by Gasteiger charge is -2.23. The van der Waals surface area contributed by atoms with E-state index in [1.165, 1.54) is 0 Å². The van der Waals surface area contributed by atoms with E-state index in [2.05, 4.69) is 50.2 Å². The predicted octanol–water partition coefficient (Wildman–Crippen LogP) is 2.98. The molecule has 5 nitrogen and oxygen atoms in total. The molecule has 21 heavy (non-hydrogen) atoms. The van der Waals surface area contributed by atoms with Gasteiger partial charge in [0.1, 0.15) is 11.5 Å². The number of aromatic nitrogens is 1. The Hall–Kier alpha value is -1.95. The molecule has 0 spiro atoms. The van der Waals surface area contributed by atoms with Crippen LogP contribution in [-0.4, -0.2) is 34.5 Å². The molecule has 0 unspecified atom stereocenters. The summed E-state index contributed by atoms with van der Waals surface area (Å²) in [7, 11) is 0. The molecule has 1 aromatic heterocycles. The van der Waals surface area contributed by atoms with Crippen LogP contribution in [0.2, 0.25) is 0 Å². The van der Waals surface area contributed by atoms with Crippen LogP contribution in [0.4, 0.5) is 5.82 Å². The van der Waals surface area contributed by atoms with Crippen molar-refractivity contribution in [2.75, 3.05) is 18.5 Å². The van der Waals surface area contributed by atoms with Crippen LogP contribution in [0.25, 0.3) is 0 Å². The molecule has 0 fully saturated rings. The minimum atomic E-state index is -0.109. The third-order valence-corrected chi connectivity index (χ3v) is 3.58. The van der Waals surface area contributed by atoms with E-state index in [-0.39, 0.29) is 5.78 Å². The number of anilines is 1. The summed E-state index contributed by atoms with van der Waals surface area (Å²) in [6.45, 7) is 5.86. The van der Waals surface area contributed by atoms with Gasteiger partial charge in [-0.25, -0.2) is 4.98 Å². The molecule has 1 aliphatic carbocycles. The van der Waals surface area contributed by atoms with Gasteiger partial charge in [-0.1, -0.05) is 15.9 Å². The van der Waals surface area contributed by atoms with Gasteiger partial charge in [-0.3, -0.25) is 10.2 Å². The van der Waals surface area contributed by atoms with E-state index in [1.807, 2.05) is 12.1 Å². The lowest BCUT2D eigenvalue weighted by molar-refractivity contribution is -0.108. The number of nitrogens with one attached hydrogen (secondary N) is 1. The number of carbonyl (C=O) groups is 1. The maximum atomic E-state index is 12.1. The zero-order valence-electron chi connectivity index (χ0n) is 12.0. The quantitative estimate of drug-likeness (QED) is 0.656. The van der Waals surface area contributed by atoms with Gasteiger partial charge in [-0.15, -0.1) is 0 Å². The maximum Gasteiger partial charge on any atom is 0.208 e. The fourth-order valence-electron chi connectivity index (χ4n) is 1.96. The van der Waals surface area contributed by atoms with Crippen LogP contribution in [0.1, 0.15) is 13.8 Å². The molecule has 0 radical (unpaired) electrons. The van der Waals surface area contributed by atoms with Crippen molar-refractivity contribution in [3.05, 3.63) is 46.7 Å². The number of hydrogen-bond acceptors (Lipinski definition) is 5. The number of allylic oxidation sites excluding steroid dienone is 3. The number of hydrogen-bond donors (Lipinski definition) is 1. The van der Waals surface area contributed by atoms with Crippen LogP contribution >= 0.6 is 15.9 Å². The van der Waals surface area contributed by atoms with Crippen molar-refractivity contribution in [1.29, 1.82) is 0 Å². The van der Waals surface area contributed by atoms with Gasteiger partial charge in [0.25, 0.3) is 0 Å². The molecular weight excluding hydrogens is 332 g/mol. The van der Waals surface area contributed by atoms with Gasteiger partial charge < -0.3 is 4.90 Å². The average molecular weight is 349 g/mol. The first-order chi connectivity index (χ1) is 10.1. The molecule has 0 atom stereocenters. The zero-order valence-corrected chi connectivity index (χ0v) is 13.6. The first kappa shape index (κ1) is 15.4. The molecule has 2 rings (SSSR count). The summed E-state index contributed by atoms with van der Waals surface area (Å²) in [5, 5.41) is 4.10. The third kappa shape index (κ3) is 4.01. The van der Waals surface area contributed by atoms with Crippen molar-refractivity contribution in [1.82, 2.24) is 9.88 Å². The molecule has 0 amide bonds. The number of likely N-dealkylation sites (N-methyl/N-ethyl adjacent to an activating group) is 1. The van der Waals surface area contributed by atoms with Crippen molar-refractivity contribution >= 4 is 33.2 Å². The predicted molar refractivity (Wildman–Crippen MR) is 88.1 cm³/mol. The summed E-state index contributed by atoms with van der Waals surface area (Å²) in [6, 6.07) is 3.61. The molecule has 0 saturated carbocycles. The Kier molecular flexibility index (Phi) is 5.27. The van der Waals surface area contributed by atoms with Crippen molar-refractivity contribution in [2.45, 2.75) is 13.8 Å². The summed E-state index contributed by atoms with van der Waals surface area (Å²) < 4.78 is 0.898. The minimum Gasteiger partial charge on any atom is -0.372 e. The molecule has 0 aliphatic heterocycles.